The number of hydrogen-bond acceptors (Lipinski definition) is 0. The Bertz CT molecular complexity index is 168. The van der Waals surface area contributed by atoms with E-state index in [1.165, 1.54) is 0 Å². The number of hydrogen-bond donors (Lipinski definition) is 0. The molecule has 3 heteroatoms. The van der Waals surface area contributed by atoms with Crippen molar-refractivity contribution < 1.29 is 13.2 Å². The standard InChI is InChI=1S/C7H7F3/c1-2-6(3-4-6)5-7(8,9)10/h1H,3-5H2. The highest BCUT2D eigenvalue weighted by atomic mass is 19.4. The first-order chi connectivity index (χ1) is 4.47. The van der Waals surface area contributed by atoms with Crippen LogP contribution in [0.5, 0.6) is 0 Å². The maximum atomic E-state index is 11.7. The first-order valence-electron chi connectivity index (χ1n) is 3.02. The van der Waals surface area contributed by atoms with Crippen LogP contribution in [0.25, 0.3) is 0 Å². The molecule has 1 saturated carbocycles. The molecule has 1 rings (SSSR count). The van der Waals surface area contributed by atoms with Crippen LogP contribution in [0.15, 0.2) is 0 Å². The maximum absolute atomic E-state index is 11.7. The van der Waals surface area contributed by atoms with Crippen LogP contribution in [0.1, 0.15) is 19.3 Å². The van der Waals surface area contributed by atoms with Gasteiger partial charge in [-0.05, 0) is 12.8 Å². The van der Waals surface area contributed by atoms with Gasteiger partial charge in [-0.3, -0.25) is 0 Å². The third-order valence-corrected chi connectivity index (χ3v) is 1.70. The van der Waals surface area contributed by atoms with Gasteiger partial charge in [0.25, 0.3) is 0 Å². The van der Waals surface area contributed by atoms with Crippen molar-refractivity contribution >= 4 is 0 Å². The Morgan fingerprint density at radius 2 is 1.90 bits per heavy atom. The highest BCUT2D eigenvalue weighted by molar-refractivity contribution is 5.15. The van der Waals surface area contributed by atoms with E-state index in [0.29, 0.717) is 12.8 Å². The van der Waals surface area contributed by atoms with Crippen LogP contribution in [0.4, 0.5) is 13.2 Å². The van der Waals surface area contributed by atoms with Crippen LogP contribution in [0, 0.1) is 17.8 Å². The van der Waals surface area contributed by atoms with Crippen molar-refractivity contribution in [1.29, 1.82) is 0 Å². The molecule has 0 aliphatic heterocycles. The third kappa shape index (κ3) is 1.66. The minimum absolute atomic E-state index is 0.531. The summed E-state index contributed by atoms with van der Waals surface area (Å²) >= 11 is 0. The fourth-order valence-corrected chi connectivity index (χ4v) is 0.907. The first-order valence-corrected chi connectivity index (χ1v) is 3.02. The van der Waals surface area contributed by atoms with E-state index >= 15 is 0 Å². The molecule has 10 heavy (non-hydrogen) atoms. The topological polar surface area (TPSA) is 0 Å². The van der Waals surface area contributed by atoms with Gasteiger partial charge in [0.05, 0.1) is 6.42 Å². The molecule has 56 valence electrons. The molecule has 0 nitrogen and oxygen atoms in total. The van der Waals surface area contributed by atoms with E-state index in [1.807, 2.05) is 0 Å². The summed E-state index contributed by atoms with van der Waals surface area (Å²) in [7, 11) is 0. The normalized spacial score (nSPS) is 21.8. The zero-order valence-corrected chi connectivity index (χ0v) is 5.33. The zero-order chi connectivity index (χ0) is 7.83. The summed E-state index contributed by atoms with van der Waals surface area (Å²) in [5.41, 5.74) is -0.821. The zero-order valence-electron chi connectivity index (χ0n) is 5.33. The molecule has 0 heterocycles. The molecule has 1 aliphatic rings. The van der Waals surface area contributed by atoms with Crippen molar-refractivity contribution in [1.82, 2.24) is 0 Å². The summed E-state index contributed by atoms with van der Waals surface area (Å²) in [6.45, 7) is 0. The Kier molecular flexibility index (Phi) is 1.43. The SMILES string of the molecule is C#CC1(CC(F)(F)F)CC1. The molecule has 0 aromatic carbocycles. The van der Waals surface area contributed by atoms with Crippen molar-refractivity contribution in [2.75, 3.05) is 0 Å². The Morgan fingerprint density at radius 3 is 2.00 bits per heavy atom. The summed E-state index contributed by atoms with van der Waals surface area (Å²) in [6.07, 6.45) is 1.08. The number of halogens is 3. The third-order valence-electron chi connectivity index (χ3n) is 1.70. The molecule has 0 radical (unpaired) electrons. The van der Waals surface area contributed by atoms with E-state index < -0.39 is 18.0 Å². The lowest BCUT2D eigenvalue weighted by atomic mass is 10.0. The molecule has 0 amide bonds. The lowest BCUT2D eigenvalue weighted by molar-refractivity contribution is -0.142. The molecular weight excluding hydrogens is 141 g/mol. The molecule has 0 N–H and O–H groups in total. The lowest BCUT2D eigenvalue weighted by Crippen LogP contribution is -2.14. The molecule has 0 aromatic heterocycles. The predicted molar refractivity (Wildman–Crippen MR) is 31.2 cm³/mol. The number of rotatable bonds is 1. The molecule has 0 saturated heterocycles. The van der Waals surface area contributed by atoms with Crippen molar-refractivity contribution in [2.24, 2.45) is 5.41 Å². The van der Waals surface area contributed by atoms with Crippen LogP contribution in [0.2, 0.25) is 0 Å². The fraction of sp³-hybridized carbons (Fsp3) is 0.714. The Labute approximate surface area is 57.4 Å². The smallest absolute Gasteiger partial charge is 0.171 e. The minimum atomic E-state index is -4.09. The van der Waals surface area contributed by atoms with E-state index in [0.717, 1.165) is 0 Å². The van der Waals surface area contributed by atoms with Gasteiger partial charge in [-0.15, -0.1) is 6.42 Å². The molecule has 0 unspecified atom stereocenters. The lowest BCUT2D eigenvalue weighted by Gasteiger charge is -2.09. The van der Waals surface area contributed by atoms with Gasteiger partial charge in [-0.1, -0.05) is 5.92 Å². The van der Waals surface area contributed by atoms with E-state index in [1.54, 1.807) is 0 Å². The molecule has 1 aliphatic carbocycles. The van der Waals surface area contributed by atoms with Crippen LogP contribution in [-0.2, 0) is 0 Å². The van der Waals surface area contributed by atoms with E-state index in [2.05, 4.69) is 5.92 Å². The highest BCUT2D eigenvalue weighted by Crippen LogP contribution is 2.52. The first kappa shape index (κ1) is 7.46. The average molecular weight is 148 g/mol. The van der Waals surface area contributed by atoms with E-state index in [9.17, 15) is 13.2 Å². The van der Waals surface area contributed by atoms with Gasteiger partial charge in [0, 0.05) is 5.41 Å². The van der Waals surface area contributed by atoms with Crippen molar-refractivity contribution in [2.45, 2.75) is 25.4 Å². The van der Waals surface area contributed by atoms with Crippen LogP contribution < -0.4 is 0 Å². The summed E-state index contributed by atoms with van der Waals surface area (Å²) < 4.78 is 35.0. The maximum Gasteiger partial charge on any atom is 0.390 e. The molecule has 0 atom stereocenters. The van der Waals surface area contributed by atoms with Crippen molar-refractivity contribution in [3.8, 4) is 12.3 Å². The summed E-state index contributed by atoms with van der Waals surface area (Å²) in [5, 5.41) is 0. The highest BCUT2D eigenvalue weighted by Gasteiger charge is 2.49. The fourth-order valence-electron chi connectivity index (χ4n) is 0.907. The molecule has 0 aromatic rings. The van der Waals surface area contributed by atoms with Crippen LogP contribution >= 0.6 is 0 Å². The van der Waals surface area contributed by atoms with Gasteiger partial charge in [-0.2, -0.15) is 13.2 Å². The molecule has 1 fully saturated rings. The van der Waals surface area contributed by atoms with E-state index in [4.69, 9.17) is 6.42 Å². The quantitative estimate of drug-likeness (QED) is 0.501. The van der Waals surface area contributed by atoms with Crippen LogP contribution in [0.3, 0.4) is 0 Å². The second-order valence-electron chi connectivity index (χ2n) is 2.72. The van der Waals surface area contributed by atoms with Gasteiger partial charge in [0.1, 0.15) is 0 Å². The summed E-state index contributed by atoms with van der Waals surface area (Å²) in [5.74, 6) is 2.19. The van der Waals surface area contributed by atoms with Crippen molar-refractivity contribution in [3.63, 3.8) is 0 Å². The average Bonchev–Trinajstić information content (AvgIpc) is 2.45. The Morgan fingerprint density at radius 1 is 1.40 bits per heavy atom. The largest absolute Gasteiger partial charge is 0.390 e. The Balaban J connectivity index is 2.48. The molecule has 0 bridgehead atoms. The molecule has 0 spiro atoms. The number of alkyl halides is 3. The van der Waals surface area contributed by atoms with Gasteiger partial charge < -0.3 is 0 Å². The predicted octanol–water partition coefficient (Wildman–Crippen LogP) is 2.35. The van der Waals surface area contributed by atoms with Crippen LogP contribution in [-0.4, -0.2) is 6.18 Å². The van der Waals surface area contributed by atoms with Gasteiger partial charge >= 0.3 is 6.18 Å². The minimum Gasteiger partial charge on any atom is -0.171 e. The van der Waals surface area contributed by atoms with E-state index in [-0.39, 0.29) is 0 Å². The second-order valence-corrected chi connectivity index (χ2v) is 2.72. The molecular formula is C7H7F3. The van der Waals surface area contributed by atoms with Crippen molar-refractivity contribution in [3.05, 3.63) is 0 Å². The summed E-state index contributed by atoms with van der Waals surface area (Å²) in [6, 6.07) is 0. The number of terminal acetylenes is 1. The van der Waals surface area contributed by atoms with Gasteiger partial charge in [0.15, 0.2) is 0 Å². The summed E-state index contributed by atoms with van der Waals surface area (Å²) in [4.78, 5) is 0. The van der Waals surface area contributed by atoms with Gasteiger partial charge in [0.2, 0.25) is 0 Å². The monoisotopic (exact) mass is 148 g/mol. The second kappa shape index (κ2) is 1.91. The van der Waals surface area contributed by atoms with Gasteiger partial charge in [-0.25, -0.2) is 0 Å². The Hall–Kier alpha value is -0.650.